The molecule has 0 amide bonds. The Bertz CT molecular complexity index is 232. The zero-order valence-corrected chi connectivity index (χ0v) is 10.2. The molecule has 1 rings (SSSR count). The molecule has 0 aromatic heterocycles. The molecule has 0 aliphatic carbocycles. The van der Waals surface area contributed by atoms with Crippen molar-refractivity contribution < 1.29 is 15.0 Å². The average Bonchev–Trinajstić information content (AvgIpc) is 2.60. The van der Waals surface area contributed by atoms with Crippen molar-refractivity contribution in [3.63, 3.8) is 0 Å². The Morgan fingerprint density at radius 3 is 2.75 bits per heavy atom. The van der Waals surface area contributed by atoms with Crippen LogP contribution in [-0.4, -0.2) is 46.3 Å². The number of hydrogen-bond acceptors (Lipinski definition) is 3. The summed E-state index contributed by atoms with van der Waals surface area (Å²) < 4.78 is 0. The van der Waals surface area contributed by atoms with Crippen molar-refractivity contribution in [1.29, 1.82) is 0 Å². The minimum absolute atomic E-state index is 0.0259. The minimum atomic E-state index is -0.749. The first-order valence-corrected chi connectivity index (χ1v) is 6.21. The quantitative estimate of drug-likeness (QED) is 0.721. The molecule has 94 valence electrons. The van der Waals surface area contributed by atoms with E-state index in [2.05, 4.69) is 13.8 Å². The molecule has 3 unspecified atom stereocenters. The van der Waals surface area contributed by atoms with Crippen LogP contribution in [-0.2, 0) is 4.79 Å². The summed E-state index contributed by atoms with van der Waals surface area (Å²) in [6, 6.07) is -0.389. The highest BCUT2D eigenvalue weighted by atomic mass is 16.4. The molecule has 3 atom stereocenters. The van der Waals surface area contributed by atoms with Gasteiger partial charge in [-0.05, 0) is 25.3 Å². The molecular weight excluding hydrogens is 206 g/mol. The van der Waals surface area contributed by atoms with E-state index >= 15 is 0 Å². The third-order valence-electron chi connectivity index (χ3n) is 3.63. The lowest BCUT2D eigenvalue weighted by Crippen LogP contribution is -2.46. The fraction of sp³-hybridized carbons (Fsp3) is 0.917. The number of hydrogen-bond donors (Lipinski definition) is 2. The third kappa shape index (κ3) is 2.95. The molecule has 0 bridgehead atoms. The second kappa shape index (κ2) is 6.21. The van der Waals surface area contributed by atoms with Crippen molar-refractivity contribution in [2.24, 2.45) is 5.92 Å². The Labute approximate surface area is 97.3 Å². The lowest BCUT2D eigenvalue weighted by Gasteiger charge is -2.30. The first-order valence-electron chi connectivity index (χ1n) is 6.21. The van der Waals surface area contributed by atoms with Gasteiger partial charge in [-0.25, -0.2) is 0 Å². The molecule has 0 spiro atoms. The molecule has 16 heavy (non-hydrogen) atoms. The van der Waals surface area contributed by atoms with Crippen molar-refractivity contribution in [1.82, 2.24) is 4.90 Å². The molecule has 0 aromatic rings. The van der Waals surface area contributed by atoms with Gasteiger partial charge in [-0.15, -0.1) is 0 Å². The van der Waals surface area contributed by atoms with Crippen molar-refractivity contribution in [2.75, 3.05) is 13.2 Å². The molecule has 1 saturated heterocycles. The van der Waals surface area contributed by atoms with Gasteiger partial charge in [-0.2, -0.15) is 0 Å². The maximum absolute atomic E-state index is 11.2. The standard InChI is InChI=1S/C12H23NO3/c1-3-4-5-10(12(15)16)13-7-6-9(2)11(13)8-14/h9-11,14H,3-8H2,1-2H3,(H,15,16). The smallest absolute Gasteiger partial charge is 0.320 e. The third-order valence-corrected chi connectivity index (χ3v) is 3.63. The first kappa shape index (κ1) is 13.5. The van der Waals surface area contributed by atoms with Crippen LogP contribution in [0.3, 0.4) is 0 Å². The number of likely N-dealkylation sites (tertiary alicyclic amines) is 1. The highest BCUT2D eigenvalue weighted by Crippen LogP contribution is 2.27. The van der Waals surface area contributed by atoms with E-state index in [4.69, 9.17) is 0 Å². The van der Waals surface area contributed by atoms with Crippen LogP contribution < -0.4 is 0 Å². The normalized spacial score (nSPS) is 28.2. The van der Waals surface area contributed by atoms with Crippen molar-refractivity contribution in [3.05, 3.63) is 0 Å². The van der Waals surface area contributed by atoms with Crippen LogP contribution in [0.4, 0.5) is 0 Å². The molecule has 0 saturated carbocycles. The maximum Gasteiger partial charge on any atom is 0.320 e. The lowest BCUT2D eigenvalue weighted by atomic mass is 10.0. The van der Waals surface area contributed by atoms with E-state index < -0.39 is 12.0 Å². The largest absolute Gasteiger partial charge is 0.480 e. The van der Waals surface area contributed by atoms with Crippen LogP contribution in [0.1, 0.15) is 39.5 Å². The van der Waals surface area contributed by atoms with Crippen molar-refractivity contribution in [2.45, 2.75) is 51.6 Å². The van der Waals surface area contributed by atoms with Crippen LogP contribution in [0, 0.1) is 5.92 Å². The monoisotopic (exact) mass is 229 g/mol. The Morgan fingerprint density at radius 1 is 1.56 bits per heavy atom. The topological polar surface area (TPSA) is 60.8 Å². The van der Waals surface area contributed by atoms with E-state index in [1.54, 1.807) is 0 Å². The molecule has 1 aliphatic rings. The van der Waals surface area contributed by atoms with Gasteiger partial charge >= 0.3 is 5.97 Å². The first-order chi connectivity index (χ1) is 7.61. The Morgan fingerprint density at radius 2 is 2.25 bits per heavy atom. The predicted molar refractivity (Wildman–Crippen MR) is 62.3 cm³/mol. The van der Waals surface area contributed by atoms with Gasteiger partial charge in [0, 0.05) is 6.04 Å². The summed E-state index contributed by atoms with van der Waals surface area (Å²) in [7, 11) is 0. The van der Waals surface area contributed by atoms with E-state index in [9.17, 15) is 15.0 Å². The molecule has 1 aliphatic heterocycles. The van der Waals surface area contributed by atoms with Gasteiger partial charge in [0.15, 0.2) is 0 Å². The Hall–Kier alpha value is -0.610. The molecular formula is C12H23NO3. The number of carbonyl (C=O) groups is 1. The minimum Gasteiger partial charge on any atom is -0.480 e. The summed E-state index contributed by atoms with van der Waals surface area (Å²) in [6.07, 6.45) is 3.62. The molecule has 4 heteroatoms. The summed E-state index contributed by atoms with van der Waals surface area (Å²) >= 11 is 0. The zero-order valence-electron chi connectivity index (χ0n) is 10.2. The second-order valence-corrected chi connectivity index (χ2v) is 4.75. The van der Waals surface area contributed by atoms with Crippen molar-refractivity contribution >= 4 is 5.97 Å². The van der Waals surface area contributed by atoms with Crippen LogP contribution in [0.25, 0.3) is 0 Å². The highest BCUT2D eigenvalue weighted by Gasteiger charge is 2.37. The van der Waals surface area contributed by atoms with E-state index in [0.29, 0.717) is 12.3 Å². The van der Waals surface area contributed by atoms with Crippen LogP contribution in [0.2, 0.25) is 0 Å². The second-order valence-electron chi connectivity index (χ2n) is 4.75. The van der Waals surface area contributed by atoms with Gasteiger partial charge < -0.3 is 10.2 Å². The number of carboxylic acids is 1. The van der Waals surface area contributed by atoms with E-state index in [-0.39, 0.29) is 12.6 Å². The number of aliphatic carboxylic acids is 1. The number of unbranched alkanes of at least 4 members (excludes halogenated alkanes) is 1. The maximum atomic E-state index is 11.2. The fourth-order valence-electron chi connectivity index (χ4n) is 2.54. The van der Waals surface area contributed by atoms with Gasteiger partial charge in [-0.3, -0.25) is 9.69 Å². The van der Waals surface area contributed by atoms with Crippen LogP contribution in [0.5, 0.6) is 0 Å². The highest BCUT2D eigenvalue weighted by molar-refractivity contribution is 5.73. The molecule has 1 fully saturated rings. The van der Waals surface area contributed by atoms with E-state index in [1.165, 1.54) is 0 Å². The predicted octanol–water partition coefficient (Wildman–Crippen LogP) is 1.33. The summed E-state index contributed by atoms with van der Waals surface area (Å²) in [5, 5.41) is 18.6. The summed E-state index contributed by atoms with van der Waals surface area (Å²) in [5.74, 6) is -0.352. The number of aliphatic hydroxyl groups excluding tert-OH is 1. The fourth-order valence-corrected chi connectivity index (χ4v) is 2.54. The van der Waals surface area contributed by atoms with E-state index in [0.717, 1.165) is 25.8 Å². The van der Waals surface area contributed by atoms with Crippen LogP contribution in [0.15, 0.2) is 0 Å². The summed E-state index contributed by atoms with van der Waals surface area (Å²) in [4.78, 5) is 13.2. The molecule has 0 radical (unpaired) electrons. The van der Waals surface area contributed by atoms with Gasteiger partial charge in [0.25, 0.3) is 0 Å². The molecule has 4 nitrogen and oxygen atoms in total. The van der Waals surface area contributed by atoms with Crippen molar-refractivity contribution in [3.8, 4) is 0 Å². The van der Waals surface area contributed by atoms with Crippen LogP contribution >= 0.6 is 0 Å². The average molecular weight is 229 g/mol. The number of aliphatic hydroxyl groups is 1. The van der Waals surface area contributed by atoms with Gasteiger partial charge in [0.1, 0.15) is 6.04 Å². The number of carboxylic acid groups (broad SMARTS) is 1. The summed E-state index contributed by atoms with van der Waals surface area (Å²) in [6.45, 7) is 5.01. The summed E-state index contributed by atoms with van der Waals surface area (Å²) in [5.41, 5.74) is 0. The zero-order chi connectivity index (χ0) is 12.1. The molecule has 2 N–H and O–H groups in total. The van der Waals surface area contributed by atoms with Gasteiger partial charge in [-0.1, -0.05) is 26.7 Å². The number of nitrogens with zero attached hydrogens (tertiary/aromatic N) is 1. The van der Waals surface area contributed by atoms with E-state index in [1.807, 2.05) is 4.90 Å². The Kier molecular flexibility index (Phi) is 5.22. The molecule has 0 aromatic carbocycles. The Balaban J connectivity index is 2.66. The lowest BCUT2D eigenvalue weighted by molar-refractivity contribution is -0.144. The van der Waals surface area contributed by atoms with Gasteiger partial charge in [0.2, 0.25) is 0 Å². The SMILES string of the molecule is CCCCC(C(=O)O)N1CCC(C)C1CO. The molecule has 1 heterocycles. The van der Waals surface area contributed by atoms with Gasteiger partial charge in [0.05, 0.1) is 6.61 Å². The number of rotatable bonds is 6.